The van der Waals surface area contributed by atoms with Crippen LogP contribution < -0.4 is 4.74 Å². The van der Waals surface area contributed by atoms with Crippen molar-refractivity contribution in [1.82, 2.24) is 0 Å². The fourth-order valence-electron chi connectivity index (χ4n) is 11.9. The number of nitro benzene ring substituents is 1. The van der Waals surface area contributed by atoms with Gasteiger partial charge in [-0.25, -0.2) is 0 Å². The Bertz CT molecular complexity index is 3530. The smallest absolute Gasteiger partial charge is 0.269 e. The van der Waals surface area contributed by atoms with Gasteiger partial charge in [-0.3, -0.25) is 10.1 Å². The average molecular weight is 1120 g/mol. The summed E-state index contributed by atoms with van der Waals surface area (Å²) < 4.78 is 47.2. The molecule has 11 aromatic rings. The Morgan fingerprint density at radius 3 is 0.988 bits per heavy atom. The first-order valence-electron chi connectivity index (χ1n) is 28.7. The summed E-state index contributed by atoms with van der Waals surface area (Å²) in [5, 5.41) is 12.2. The van der Waals surface area contributed by atoms with E-state index in [4.69, 9.17) is 28.4 Å². The standard InChI is InChI=1S/C76H63NO8/c78-77(79)67-51-53-68(54-52-67)82-72-71(80-55-57-31-11-1-12-32-57)70(84-75(61-39-19-5-20-40-61,62-41-21-6-22-42-62)63-43-23-7-24-44-63)69(56-81-74(58-33-13-2-14-34-58,59-35-15-3-16-36-59)60-37-17-4-18-38-60)83-73(72)85-76(64-45-25-8-26-46-64,65-47-27-9-28-48-65)66-49-29-10-30-50-66/h1-54,69-73H,55-56H2/t69-,70+,71+,72-,73-/m1/s1. The lowest BCUT2D eigenvalue weighted by Crippen LogP contribution is -2.65. The van der Waals surface area contributed by atoms with Gasteiger partial charge in [0.25, 0.3) is 5.69 Å². The van der Waals surface area contributed by atoms with E-state index in [-0.39, 0.29) is 18.9 Å². The summed E-state index contributed by atoms with van der Waals surface area (Å²) in [6.07, 6.45) is -5.67. The summed E-state index contributed by atoms with van der Waals surface area (Å²) in [6, 6.07) is 108. The molecule has 0 unspecified atom stereocenters. The van der Waals surface area contributed by atoms with Crippen molar-refractivity contribution < 1.29 is 33.3 Å². The second-order valence-electron chi connectivity index (χ2n) is 21.0. The molecule has 0 spiro atoms. The van der Waals surface area contributed by atoms with Crippen molar-refractivity contribution >= 4 is 5.69 Å². The first kappa shape index (κ1) is 55.9. The van der Waals surface area contributed by atoms with Gasteiger partial charge in [0, 0.05) is 12.1 Å². The minimum absolute atomic E-state index is 0.0938. The zero-order valence-corrected chi connectivity index (χ0v) is 46.7. The second kappa shape index (κ2) is 25.9. The molecular weight excluding hydrogens is 1050 g/mol. The molecule has 5 atom stereocenters. The molecule has 1 heterocycles. The van der Waals surface area contributed by atoms with E-state index in [0.717, 1.165) is 55.6 Å². The van der Waals surface area contributed by atoms with Gasteiger partial charge >= 0.3 is 0 Å². The normalized spacial score (nSPS) is 17.2. The molecule has 9 nitrogen and oxygen atoms in total. The summed E-state index contributed by atoms with van der Waals surface area (Å²) in [5.41, 5.74) is 4.61. The first-order chi connectivity index (χ1) is 42.0. The summed E-state index contributed by atoms with van der Waals surface area (Å²) in [5.74, 6) is 0.316. The minimum atomic E-state index is -1.36. The highest BCUT2D eigenvalue weighted by molar-refractivity contribution is 5.51. The van der Waals surface area contributed by atoms with Gasteiger partial charge in [0.05, 0.1) is 18.1 Å². The van der Waals surface area contributed by atoms with Crippen LogP contribution in [0.4, 0.5) is 5.69 Å². The van der Waals surface area contributed by atoms with Crippen molar-refractivity contribution in [3.63, 3.8) is 0 Å². The van der Waals surface area contributed by atoms with Crippen LogP contribution in [0.15, 0.2) is 328 Å². The number of non-ortho nitro benzene ring substituents is 1. The molecule has 0 N–H and O–H groups in total. The number of hydrogen-bond acceptors (Lipinski definition) is 8. The van der Waals surface area contributed by atoms with Gasteiger partial charge in [-0.05, 0) is 67.8 Å². The molecule has 85 heavy (non-hydrogen) atoms. The predicted octanol–water partition coefficient (Wildman–Crippen LogP) is 16.0. The van der Waals surface area contributed by atoms with Crippen LogP contribution in [-0.4, -0.2) is 42.2 Å². The molecule has 0 bridgehead atoms. The van der Waals surface area contributed by atoms with E-state index in [9.17, 15) is 10.1 Å². The Morgan fingerprint density at radius 2 is 0.659 bits per heavy atom. The van der Waals surface area contributed by atoms with Crippen molar-refractivity contribution in [2.45, 2.75) is 54.1 Å². The Kier molecular flexibility index (Phi) is 17.1. The summed E-state index contributed by atoms with van der Waals surface area (Å²) in [7, 11) is 0. The maximum atomic E-state index is 12.2. The highest BCUT2D eigenvalue weighted by Gasteiger charge is 2.57. The van der Waals surface area contributed by atoms with Crippen LogP contribution in [0.2, 0.25) is 0 Å². The monoisotopic (exact) mass is 1120 g/mol. The van der Waals surface area contributed by atoms with Gasteiger partial charge in [0.2, 0.25) is 0 Å². The number of hydrogen-bond donors (Lipinski definition) is 0. The van der Waals surface area contributed by atoms with E-state index in [1.807, 2.05) is 194 Å². The van der Waals surface area contributed by atoms with Gasteiger partial charge in [-0.2, -0.15) is 0 Å². The highest BCUT2D eigenvalue weighted by atomic mass is 16.7. The lowest BCUT2D eigenvalue weighted by molar-refractivity contribution is -0.384. The van der Waals surface area contributed by atoms with E-state index in [2.05, 4.69) is 109 Å². The third-order valence-electron chi connectivity index (χ3n) is 15.9. The van der Waals surface area contributed by atoms with Crippen LogP contribution in [0.25, 0.3) is 0 Å². The SMILES string of the molecule is O=[N+]([O-])c1ccc(O[C@H]2[C@@H](OC(c3ccccc3)(c3ccccc3)c3ccccc3)O[C@H](COC(c3ccccc3)(c3ccccc3)c3ccccc3)[C@H](OC(c3ccccc3)(c3ccccc3)c3ccccc3)[C@@H]2OCc2ccccc2)cc1. The minimum Gasteiger partial charge on any atom is -0.482 e. The van der Waals surface area contributed by atoms with Crippen LogP contribution >= 0.6 is 0 Å². The molecule has 1 aliphatic rings. The van der Waals surface area contributed by atoms with Crippen molar-refractivity contribution in [3.05, 3.63) is 393 Å². The van der Waals surface area contributed by atoms with E-state index >= 15 is 0 Å². The van der Waals surface area contributed by atoms with Crippen molar-refractivity contribution in [3.8, 4) is 5.75 Å². The zero-order chi connectivity index (χ0) is 57.7. The molecular formula is C76H63NO8. The molecule has 12 rings (SSSR count). The summed E-state index contributed by atoms with van der Waals surface area (Å²) in [4.78, 5) is 11.8. The van der Waals surface area contributed by atoms with Crippen molar-refractivity contribution in [1.29, 1.82) is 0 Å². The molecule has 0 aliphatic carbocycles. The van der Waals surface area contributed by atoms with Crippen LogP contribution in [-0.2, 0) is 47.1 Å². The molecule has 0 radical (unpaired) electrons. The van der Waals surface area contributed by atoms with Crippen LogP contribution in [0.3, 0.4) is 0 Å². The zero-order valence-electron chi connectivity index (χ0n) is 46.7. The van der Waals surface area contributed by atoms with E-state index < -0.39 is 52.4 Å². The number of ether oxygens (including phenoxy) is 6. The summed E-state index contributed by atoms with van der Waals surface area (Å²) >= 11 is 0. The maximum absolute atomic E-state index is 12.2. The van der Waals surface area contributed by atoms with E-state index in [1.165, 1.54) is 12.1 Å². The molecule has 11 aromatic carbocycles. The van der Waals surface area contributed by atoms with Crippen LogP contribution in [0.5, 0.6) is 5.75 Å². The quantitative estimate of drug-likeness (QED) is 0.0376. The number of nitrogens with zero attached hydrogens (tertiary/aromatic N) is 1. The Labute approximate surface area is 496 Å². The number of nitro groups is 1. The Morgan fingerprint density at radius 1 is 0.353 bits per heavy atom. The van der Waals surface area contributed by atoms with Gasteiger partial charge < -0.3 is 28.4 Å². The molecule has 1 aliphatic heterocycles. The largest absolute Gasteiger partial charge is 0.482 e. The second-order valence-corrected chi connectivity index (χ2v) is 21.0. The topological polar surface area (TPSA) is 98.5 Å². The van der Waals surface area contributed by atoms with E-state index in [0.29, 0.717) is 5.75 Å². The number of rotatable bonds is 22. The lowest BCUT2D eigenvalue weighted by Gasteiger charge is -2.51. The Balaban J connectivity index is 1.13. The predicted molar refractivity (Wildman–Crippen MR) is 331 cm³/mol. The first-order valence-corrected chi connectivity index (χ1v) is 28.7. The van der Waals surface area contributed by atoms with Crippen molar-refractivity contribution in [2.24, 2.45) is 0 Å². The van der Waals surface area contributed by atoms with E-state index in [1.54, 1.807) is 12.1 Å². The third-order valence-corrected chi connectivity index (χ3v) is 15.9. The molecule has 420 valence electrons. The number of benzene rings is 11. The molecule has 0 amide bonds. The fourth-order valence-corrected chi connectivity index (χ4v) is 11.9. The Hall–Kier alpha value is -9.58. The molecule has 9 heteroatoms. The van der Waals surface area contributed by atoms with Crippen molar-refractivity contribution in [2.75, 3.05) is 6.61 Å². The fraction of sp³-hybridized carbons (Fsp3) is 0.132. The maximum Gasteiger partial charge on any atom is 0.269 e. The van der Waals surface area contributed by atoms with Crippen LogP contribution in [0.1, 0.15) is 55.6 Å². The van der Waals surface area contributed by atoms with Gasteiger partial charge in [-0.15, -0.1) is 0 Å². The van der Waals surface area contributed by atoms with Gasteiger partial charge in [0.1, 0.15) is 40.9 Å². The van der Waals surface area contributed by atoms with Gasteiger partial charge in [-0.1, -0.05) is 303 Å². The highest BCUT2D eigenvalue weighted by Crippen LogP contribution is 2.49. The average Bonchev–Trinajstić information content (AvgIpc) is 3.05. The third kappa shape index (κ3) is 11.6. The molecule has 1 fully saturated rings. The summed E-state index contributed by atoms with van der Waals surface area (Å²) in [6.45, 7) is 0.0199. The lowest BCUT2D eigenvalue weighted by atomic mass is 9.79. The van der Waals surface area contributed by atoms with Crippen LogP contribution in [0, 0.1) is 10.1 Å². The molecule has 0 aromatic heterocycles. The molecule has 0 saturated carbocycles. The van der Waals surface area contributed by atoms with Gasteiger partial charge in [0.15, 0.2) is 12.4 Å². The molecule has 1 saturated heterocycles.